The number of fused-ring (bicyclic) bond motifs is 1. The number of hydrogen-bond acceptors (Lipinski definition) is 6. The highest BCUT2D eigenvalue weighted by Crippen LogP contribution is 2.50. The van der Waals surface area contributed by atoms with E-state index in [2.05, 4.69) is 30.1 Å². The number of aromatic nitrogens is 4. The minimum Gasteiger partial charge on any atom is -0.383 e. The van der Waals surface area contributed by atoms with Crippen molar-refractivity contribution in [3.63, 3.8) is 0 Å². The van der Waals surface area contributed by atoms with E-state index in [1.165, 1.54) is 18.3 Å². The molecule has 9 heteroatoms. The Morgan fingerprint density at radius 3 is 2.76 bits per heavy atom. The SMILES string of the molecule is [C-]#[N+]c1c(-c2ccnc(NC(C)=O)c2)sc(-c2ncc[nH]2)c1C(O)c1ccc2ccccc2n1. The predicted octanol–water partition coefficient (Wildman–Crippen LogP) is 5.34. The molecule has 1 amide bonds. The second kappa shape index (κ2) is 8.86. The first-order valence-corrected chi connectivity index (χ1v) is 11.2. The van der Waals surface area contributed by atoms with Crippen molar-refractivity contribution in [1.29, 1.82) is 0 Å². The predicted molar refractivity (Wildman–Crippen MR) is 132 cm³/mol. The van der Waals surface area contributed by atoms with Crippen LogP contribution in [0.5, 0.6) is 0 Å². The fraction of sp³-hybridized carbons (Fsp3) is 0.0800. The first-order chi connectivity index (χ1) is 16.5. The molecule has 0 fully saturated rings. The number of hydrogen-bond donors (Lipinski definition) is 3. The molecular weight excluding hydrogens is 448 g/mol. The van der Waals surface area contributed by atoms with Gasteiger partial charge in [0.05, 0.1) is 22.7 Å². The van der Waals surface area contributed by atoms with Gasteiger partial charge in [0, 0.05) is 41.3 Å². The number of para-hydroxylation sites is 1. The molecule has 5 rings (SSSR count). The molecule has 4 heterocycles. The number of thiophene rings is 1. The first-order valence-electron chi connectivity index (χ1n) is 10.4. The lowest BCUT2D eigenvalue weighted by atomic mass is 10.0. The molecule has 0 aliphatic carbocycles. The van der Waals surface area contributed by atoms with Crippen LogP contribution in [0.2, 0.25) is 0 Å². The molecule has 8 nitrogen and oxygen atoms in total. The van der Waals surface area contributed by atoms with Crippen LogP contribution in [0.3, 0.4) is 0 Å². The van der Waals surface area contributed by atoms with Crippen molar-refractivity contribution in [2.75, 3.05) is 5.32 Å². The van der Waals surface area contributed by atoms with Crippen LogP contribution in [0.1, 0.15) is 24.3 Å². The van der Waals surface area contributed by atoms with Gasteiger partial charge < -0.3 is 15.4 Å². The Morgan fingerprint density at radius 1 is 1.15 bits per heavy atom. The highest BCUT2D eigenvalue weighted by molar-refractivity contribution is 7.19. The zero-order valence-corrected chi connectivity index (χ0v) is 18.8. The maximum atomic E-state index is 11.5. The number of aliphatic hydroxyl groups is 1. The summed E-state index contributed by atoms with van der Waals surface area (Å²) in [4.78, 5) is 32.8. The molecular formula is C25H18N6O2S. The summed E-state index contributed by atoms with van der Waals surface area (Å²) in [5.74, 6) is 0.690. The van der Waals surface area contributed by atoms with Gasteiger partial charge in [-0.25, -0.2) is 19.8 Å². The molecule has 5 aromatic rings. The summed E-state index contributed by atoms with van der Waals surface area (Å²) in [6.45, 7) is 9.36. The fourth-order valence-corrected chi connectivity index (χ4v) is 4.99. The van der Waals surface area contributed by atoms with Crippen LogP contribution in [-0.4, -0.2) is 30.9 Å². The molecule has 0 spiro atoms. The molecule has 1 unspecified atom stereocenters. The fourth-order valence-electron chi connectivity index (χ4n) is 3.76. The van der Waals surface area contributed by atoms with E-state index in [4.69, 9.17) is 6.57 Å². The Labute approximate surface area is 198 Å². The minimum absolute atomic E-state index is 0.240. The summed E-state index contributed by atoms with van der Waals surface area (Å²) in [7, 11) is 0. The van der Waals surface area contributed by atoms with Crippen molar-refractivity contribution in [3.8, 4) is 21.1 Å². The average Bonchev–Trinajstić information content (AvgIpc) is 3.51. The zero-order valence-electron chi connectivity index (χ0n) is 18.0. The number of aromatic amines is 1. The molecule has 0 aliphatic rings. The summed E-state index contributed by atoms with van der Waals surface area (Å²) in [5, 5.41) is 15.1. The van der Waals surface area contributed by atoms with Gasteiger partial charge in [0.25, 0.3) is 0 Å². The number of carbonyl (C=O) groups is 1. The highest BCUT2D eigenvalue weighted by Gasteiger charge is 2.28. The molecule has 4 aromatic heterocycles. The summed E-state index contributed by atoms with van der Waals surface area (Å²) in [6.07, 6.45) is 3.74. The quantitative estimate of drug-likeness (QED) is 0.303. The number of pyridine rings is 2. The number of benzene rings is 1. The monoisotopic (exact) mass is 466 g/mol. The summed E-state index contributed by atoms with van der Waals surface area (Å²) >= 11 is 1.34. The lowest BCUT2D eigenvalue weighted by Gasteiger charge is -2.13. The largest absolute Gasteiger partial charge is 0.383 e. The second-order valence-corrected chi connectivity index (χ2v) is 8.54. The smallest absolute Gasteiger partial charge is 0.222 e. The molecule has 166 valence electrons. The van der Waals surface area contributed by atoms with E-state index in [1.54, 1.807) is 36.8 Å². The van der Waals surface area contributed by atoms with Crippen LogP contribution in [0, 0.1) is 6.57 Å². The van der Waals surface area contributed by atoms with Gasteiger partial charge in [0.15, 0.2) is 0 Å². The third-order valence-corrected chi connectivity index (χ3v) is 6.49. The molecule has 1 atom stereocenters. The van der Waals surface area contributed by atoms with Crippen molar-refractivity contribution in [3.05, 3.63) is 89.8 Å². The van der Waals surface area contributed by atoms with E-state index < -0.39 is 6.10 Å². The van der Waals surface area contributed by atoms with E-state index >= 15 is 0 Å². The van der Waals surface area contributed by atoms with Crippen LogP contribution in [-0.2, 0) is 4.79 Å². The third kappa shape index (κ3) is 3.92. The maximum Gasteiger partial charge on any atom is 0.222 e. The molecule has 34 heavy (non-hydrogen) atoms. The average molecular weight is 467 g/mol. The Kier molecular flexibility index (Phi) is 5.59. The van der Waals surface area contributed by atoms with Gasteiger partial charge in [-0.05, 0) is 29.8 Å². The number of rotatable bonds is 5. The van der Waals surface area contributed by atoms with E-state index in [9.17, 15) is 9.90 Å². The first kappa shape index (κ1) is 21.5. The number of imidazole rings is 1. The molecule has 0 saturated carbocycles. The number of H-pyrrole nitrogens is 1. The standard InChI is InChI=1S/C25H18N6O2S/c1-14(32)30-19-13-16(9-10-27-19)23-21(26-2)20(24(34-23)25-28-11-12-29-25)22(33)18-8-7-15-5-3-4-6-17(15)31-18/h3-13,22,33H,1H3,(H,28,29)(H,27,30,32). The lowest BCUT2D eigenvalue weighted by molar-refractivity contribution is -0.114. The molecule has 0 saturated heterocycles. The Bertz CT molecular complexity index is 1550. The molecule has 3 N–H and O–H groups in total. The molecule has 0 radical (unpaired) electrons. The molecule has 0 bridgehead atoms. The number of anilines is 1. The number of nitrogens with zero attached hydrogens (tertiary/aromatic N) is 4. The van der Waals surface area contributed by atoms with Crippen LogP contribution in [0.25, 0.3) is 36.9 Å². The summed E-state index contributed by atoms with van der Waals surface area (Å²) in [5.41, 5.74) is 2.64. The summed E-state index contributed by atoms with van der Waals surface area (Å²) in [6, 6.07) is 14.8. The van der Waals surface area contributed by atoms with E-state index in [0.717, 1.165) is 10.9 Å². The van der Waals surface area contributed by atoms with E-state index in [-0.39, 0.29) is 5.91 Å². The second-order valence-electron chi connectivity index (χ2n) is 7.51. The van der Waals surface area contributed by atoms with Gasteiger partial charge in [0.2, 0.25) is 11.6 Å². The van der Waals surface area contributed by atoms with Gasteiger partial charge in [0.1, 0.15) is 17.7 Å². The van der Waals surface area contributed by atoms with Crippen LogP contribution in [0.4, 0.5) is 11.5 Å². The minimum atomic E-state index is -1.14. The normalized spacial score (nSPS) is 11.8. The van der Waals surface area contributed by atoms with Gasteiger partial charge in [-0.2, -0.15) is 0 Å². The summed E-state index contributed by atoms with van der Waals surface area (Å²) < 4.78 is 0. The van der Waals surface area contributed by atoms with Crippen molar-refractivity contribution in [2.24, 2.45) is 0 Å². The van der Waals surface area contributed by atoms with Gasteiger partial charge in [-0.15, -0.1) is 11.3 Å². The molecule has 0 aliphatic heterocycles. The Hall–Kier alpha value is -4.39. The van der Waals surface area contributed by atoms with Gasteiger partial charge in [-0.1, -0.05) is 24.3 Å². The Balaban J connectivity index is 1.69. The number of nitrogens with one attached hydrogen (secondary N) is 2. The van der Waals surface area contributed by atoms with E-state index in [0.29, 0.717) is 43.9 Å². The topological polar surface area (TPSA) is 108 Å². The zero-order chi connectivity index (χ0) is 23.7. The van der Waals surface area contributed by atoms with E-state index in [1.807, 2.05) is 30.3 Å². The van der Waals surface area contributed by atoms with Crippen LogP contribution >= 0.6 is 11.3 Å². The Morgan fingerprint density at radius 2 is 2.00 bits per heavy atom. The number of amides is 1. The highest BCUT2D eigenvalue weighted by atomic mass is 32.1. The van der Waals surface area contributed by atoms with Gasteiger partial charge >= 0.3 is 0 Å². The van der Waals surface area contributed by atoms with Crippen LogP contribution < -0.4 is 5.32 Å². The molecule has 1 aromatic carbocycles. The number of carbonyl (C=O) groups excluding carboxylic acids is 1. The maximum absolute atomic E-state index is 11.5. The van der Waals surface area contributed by atoms with Crippen LogP contribution in [0.15, 0.2) is 67.1 Å². The van der Waals surface area contributed by atoms with Crippen molar-refractivity contribution in [2.45, 2.75) is 13.0 Å². The number of aliphatic hydroxyl groups excluding tert-OH is 1. The third-order valence-electron chi connectivity index (χ3n) is 5.24. The van der Waals surface area contributed by atoms with Crippen molar-refractivity contribution >= 4 is 39.7 Å². The van der Waals surface area contributed by atoms with Gasteiger partial charge in [-0.3, -0.25) is 4.79 Å². The van der Waals surface area contributed by atoms with Crippen molar-refractivity contribution < 1.29 is 9.90 Å². The van der Waals surface area contributed by atoms with Crippen molar-refractivity contribution in [1.82, 2.24) is 19.9 Å². The lowest BCUT2D eigenvalue weighted by Crippen LogP contribution is -2.07.